The van der Waals surface area contributed by atoms with E-state index in [1.807, 2.05) is 48.5 Å². The van der Waals surface area contributed by atoms with Crippen LogP contribution in [0.3, 0.4) is 0 Å². The van der Waals surface area contributed by atoms with Crippen molar-refractivity contribution in [2.24, 2.45) is 23.7 Å². The van der Waals surface area contributed by atoms with E-state index < -0.39 is 0 Å². The Morgan fingerprint density at radius 3 is 1.97 bits per heavy atom. The van der Waals surface area contributed by atoms with Crippen LogP contribution in [0.1, 0.15) is 12.8 Å². The lowest BCUT2D eigenvalue weighted by Gasteiger charge is -2.31. The van der Waals surface area contributed by atoms with Crippen molar-refractivity contribution in [3.63, 3.8) is 0 Å². The Hall–Kier alpha value is -2.86. The Morgan fingerprint density at radius 2 is 1.40 bits per heavy atom. The van der Waals surface area contributed by atoms with Gasteiger partial charge in [0.25, 0.3) is 0 Å². The molecule has 4 unspecified atom stereocenters. The number of allylic oxidation sites excluding steroid dienone is 2. The summed E-state index contributed by atoms with van der Waals surface area (Å²) in [5, 5.41) is 0. The summed E-state index contributed by atoms with van der Waals surface area (Å²) in [7, 11) is 0. The van der Waals surface area contributed by atoms with Gasteiger partial charge in [0.15, 0.2) is 0 Å². The Morgan fingerprint density at radius 1 is 0.867 bits per heavy atom. The quantitative estimate of drug-likeness (QED) is 0.560. The number of amides is 3. The summed E-state index contributed by atoms with van der Waals surface area (Å²) < 4.78 is 0. The number of likely N-dealkylation sites (tertiary alicyclic amines) is 1. The molecule has 0 aromatic heterocycles. The van der Waals surface area contributed by atoms with Crippen molar-refractivity contribution in [3.8, 4) is 0 Å². The Labute approximate surface area is 178 Å². The molecular formula is C24H20N2O3S. The number of para-hydroxylation sites is 2. The summed E-state index contributed by atoms with van der Waals surface area (Å²) in [6, 6.07) is 15.7. The number of hydrogen-bond donors (Lipinski definition) is 0. The summed E-state index contributed by atoms with van der Waals surface area (Å²) >= 11 is 1.65. The number of nitrogens with zero attached hydrogens (tertiary/aromatic N) is 2. The van der Waals surface area contributed by atoms with Crippen LogP contribution in [0.25, 0.3) is 0 Å². The van der Waals surface area contributed by atoms with Crippen molar-refractivity contribution < 1.29 is 14.4 Å². The minimum Gasteiger partial charge on any atom is -0.282 e. The molecule has 2 fully saturated rings. The highest BCUT2D eigenvalue weighted by atomic mass is 32.2. The van der Waals surface area contributed by atoms with Crippen molar-refractivity contribution in [1.29, 1.82) is 0 Å². The van der Waals surface area contributed by atoms with E-state index in [4.69, 9.17) is 0 Å². The average Bonchev–Trinajstić information content (AvgIpc) is 3.44. The molecule has 30 heavy (non-hydrogen) atoms. The fourth-order valence-corrected chi connectivity index (χ4v) is 6.53. The first kappa shape index (κ1) is 18.0. The van der Waals surface area contributed by atoms with Crippen LogP contribution in [0.4, 0.5) is 11.4 Å². The number of benzene rings is 2. The zero-order valence-corrected chi connectivity index (χ0v) is 17.0. The molecule has 0 radical (unpaired) electrons. The number of carbonyl (C=O) groups is 3. The first-order chi connectivity index (χ1) is 14.6. The molecule has 3 amide bonds. The molecule has 2 aliphatic carbocycles. The predicted molar refractivity (Wildman–Crippen MR) is 113 cm³/mol. The highest BCUT2D eigenvalue weighted by molar-refractivity contribution is 7.99. The maximum absolute atomic E-state index is 13.3. The Kier molecular flexibility index (Phi) is 3.93. The van der Waals surface area contributed by atoms with Crippen LogP contribution in [0.5, 0.6) is 0 Å². The zero-order chi connectivity index (χ0) is 20.4. The van der Waals surface area contributed by atoms with Crippen LogP contribution < -0.4 is 4.90 Å². The molecule has 4 atom stereocenters. The SMILES string of the molecule is O=C1C2C3C=CC(C3)C2C(=O)N1CCC(=O)N1c2ccccc2Sc2ccccc21. The smallest absolute Gasteiger partial charge is 0.233 e. The monoisotopic (exact) mass is 416 g/mol. The van der Waals surface area contributed by atoms with Gasteiger partial charge in [-0.05, 0) is 42.5 Å². The van der Waals surface area contributed by atoms with Crippen molar-refractivity contribution in [2.45, 2.75) is 22.6 Å². The molecule has 1 saturated heterocycles. The predicted octanol–water partition coefficient (Wildman–Crippen LogP) is 4.01. The molecule has 5 nitrogen and oxygen atoms in total. The summed E-state index contributed by atoms with van der Waals surface area (Å²) in [5.41, 5.74) is 1.70. The highest BCUT2D eigenvalue weighted by Crippen LogP contribution is 2.52. The van der Waals surface area contributed by atoms with E-state index in [-0.39, 0.29) is 54.4 Å². The largest absolute Gasteiger partial charge is 0.282 e. The van der Waals surface area contributed by atoms with Crippen molar-refractivity contribution in [3.05, 3.63) is 60.7 Å². The van der Waals surface area contributed by atoms with Crippen molar-refractivity contribution in [1.82, 2.24) is 4.90 Å². The number of anilines is 2. The Bertz CT molecular complexity index is 1050. The molecule has 2 bridgehead atoms. The van der Waals surface area contributed by atoms with E-state index in [1.54, 1.807) is 16.7 Å². The first-order valence-corrected chi connectivity index (χ1v) is 11.2. The molecule has 0 spiro atoms. The third-order valence-corrected chi connectivity index (χ3v) is 7.92. The first-order valence-electron chi connectivity index (χ1n) is 10.4. The van der Waals surface area contributed by atoms with E-state index in [0.717, 1.165) is 27.6 Å². The summed E-state index contributed by atoms with van der Waals surface area (Å²) in [4.78, 5) is 44.3. The van der Waals surface area contributed by atoms with Crippen LogP contribution in [0.15, 0.2) is 70.5 Å². The number of imide groups is 1. The van der Waals surface area contributed by atoms with Gasteiger partial charge in [-0.2, -0.15) is 0 Å². The van der Waals surface area contributed by atoms with Gasteiger partial charge in [0.1, 0.15) is 0 Å². The Balaban J connectivity index is 1.25. The van der Waals surface area contributed by atoms with Crippen LogP contribution in [-0.2, 0) is 14.4 Å². The van der Waals surface area contributed by atoms with Gasteiger partial charge in [0.05, 0.1) is 23.2 Å². The third kappa shape index (κ3) is 2.46. The topological polar surface area (TPSA) is 57.7 Å². The van der Waals surface area contributed by atoms with Crippen molar-refractivity contribution >= 4 is 40.9 Å². The second-order valence-electron chi connectivity index (χ2n) is 8.34. The zero-order valence-electron chi connectivity index (χ0n) is 16.2. The van der Waals surface area contributed by atoms with E-state index in [2.05, 4.69) is 12.2 Å². The molecule has 2 aromatic carbocycles. The summed E-state index contributed by atoms with van der Waals surface area (Å²) in [6.07, 6.45) is 5.21. The van der Waals surface area contributed by atoms with E-state index >= 15 is 0 Å². The fourth-order valence-electron chi connectivity index (χ4n) is 5.48. The van der Waals surface area contributed by atoms with E-state index in [1.165, 1.54) is 4.90 Å². The van der Waals surface area contributed by atoms with Gasteiger partial charge >= 0.3 is 0 Å². The van der Waals surface area contributed by atoms with Crippen LogP contribution >= 0.6 is 11.8 Å². The molecule has 1 saturated carbocycles. The summed E-state index contributed by atoms with van der Waals surface area (Å²) in [6.45, 7) is 0.150. The average molecular weight is 417 g/mol. The van der Waals surface area contributed by atoms with Gasteiger partial charge in [-0.3, -0.25) is 24.2 Å². The molecule has 4 aliphatic rings. The minimum absolute atomic E-state index is 0.0929. The van der Waals surface area contributed by atoms with E-state index in [9.17, 15) is 14.4 Å². The molecule has 2 aromatic rings. The van der Waals surface area contributed by atoms with Crippen LogP contribution in [0.2, 0.25) is 0 Å². The molecule has 2 heterocycles. The highest BCUT2D eigenvalue weighted by Gasteiger charge is 2.59. The molecule has 2 aliphatic heterocycles. The number of carbonyl (C=O) groups excluding carboxylic acids is 3. The molecule has 6 heteroatoms. The standard InChI is InChI=1S/C24H20N2O3S/c27-20(11-12-25-23(28)21-14-9-10-15(13-14)22(21)24(25)29)26-16-5-1-3-7-18(16)30-19-8-4-2-6-17(19)26/h1-10,14-15,21-22H,11-13H2. The van der Waals surface area contributed by atoms with Gasteiger partial charge in [0, 0.05) is 22.8 Å². The lowest BCUT2D eigenvalue weighted by Crippen LogP contribution is -2.37. The molecule has 150 valence electrons. The van der Waals surface area contributed by atoms with E-state index in [0.29, 0.717) is 0 Å². The molecular weight excluding hydrogens is 396 g/mol. The van der Waals surface area contributed by atoms with Gasteiger partial charge in [-0.1, -0.05) is 48.2 Å². The van der Waals surface area contributed by atoms with Gasteiger partial charge in [-0.25, -0.2) is 0 Å². The second kappa shape index (κ2) is 6.57. The van der Waals surface area contributed by atoms with Gasteiger partial charge in [-0.15, -0.1) is 0 Å². The van der Waals surface area contributed by atoms with Crippen molar-refractivity contribution in [2.75, 3.05) is 11.4 Å². The molecule has 6 rings (SSSR count). The minimum atomic E-state index is -0.213. The van der Waals surface area contributed by atoms with Gasteiger partial charge < -0.3 is 0 Å². The lowest BCUT2D eigenvalue weighted by molar-refractivity contribution is -0.140. The van der Waals surface area contributed by atoms with Gasteiger partial charge in [0.2, 0.25) is 17.7 Å². The maximum atomic E-state index is 13.3. The normalized spacial score (nSPS) is 28.0. The second-order valence-corrected chi connectivity index (χ2v) is 9.43. The number of fused-ring (bicyclic) bond motifs is 7. The maximum Gasteiger partial charge on any atom is 0.233 e. The van der Waals surface area contributed by atoms with Crippen LogP contribution in [0, 0.1) is 23.7 Å². The fraction of sp³-hybridized carbons (Fsp3) is 0.292. The lowest BCUT2D eigenvalue weighted by atomic mass is 9.85. The van der Waals surface area contributed by atoms with Crippen LogP contribution in [-0.4, -0.2) is 29.2 Å². The number of hydrogen-bond acceptors (Lipinski definition) is 4. The molecule has 0 N–H and O–H groups in total. The summed E-state index contributed by atoms with van der Waals surface area (Å²) in [5.74, 6) is -0.334. The number of rotatable bonds is 3. The third-order valence-electron chi connectivity index (χ3n) is 6.79.